The fourth-order valence-corrected chi connectivity index (χ4v) is 1.30. The molecule has 72 valence electrons. The lowest BCUT2D eigenvalue weighted by atomic mass is 10.2. The van der Waals surface area contributed by atoms with Gasteiger partial charge in [-0.3, -0.25) is 4.98 Å². The van der Waals surface area contributed by atoms with Crippen LogP contribution in [0.5, 0.6) is 0 Å². The van der Waals surface area contributed by atoms with E-state index in [1.54, 1.807) is 6.92 Å². The number of nitrogens with zero attached hydrogens (tertiary/aromatic N) is 1. The summed E-state index contributed by atoms with van der Waals surface area (Å²) in [4.78, 5) is 3.67. The number of aliphatic hydroxyl groups is 1. The van der Waals surface area contributed by atoms with Crippen molar-refractivity contribution in [2.45, 2.75) is 20.0 Å². The van der Waals surface area contributed by atoms with E-state index in [9.17, 15) is 8.78 Å². The first kappa shape index (κ1) is 10.5. The molecule has 5 heteroatoms. The normalized spacial score (nSPS) is 10.9. The zero-order valence-electron chi connectivity index (χ0n) is 6.89. The maximum Gasteiger partial charge on any atom is 0.280 e. The molecular weight excluding hydrogens is 244 g/mol. The molecule has 0 fully saturated rings. The fraction of sp³-hybridized carbons (Fsp3) is 0.375. The summed E-state index contributed by atoms with van der Waals surface area (Å²) in [7, 11) is 0. The van der Waals surface area contributed by atoms with Crippen LogP contribution in [0.4, 0.5) is 8.78 Å². The fourth-order valence-electron chi connectivity index (χ4n) is 0.976. The summed E-state index contributed by atoms with van der Waals surface area (Å²) < 4.78 is 25.1. The Morgan fingerprint density at radius 3 is 2.69 bits per heavy atom. The second-order valence-corrected chi connectivity index (χ2v) is 3.36. The second-order valence-electron chi connectivity index (χ2n) is 2.56. The topological polar surface area (TPSA) is 33.1 Å². The molecule has 0 amide bonds. The van der Waals surface area contributed by atoms with E-state index < -0.39 is 6.43 Å². The van der Waals surface area contributed by atoms with Gasteiger partial charge in [-0.1, -0.05) is 0 Å². The van der Waals surface area contributed by atoms with E-state index in [0.717, 1.165) is 0 Å². The van der Waals surface area contributed by atoms with Crippen molar-refractivity contribution in [1.29, 1.82) is 0 Å². The minimum absolute atomic E-state index is 0.274. The monoisotopic (exact) mass is 251 g/mol. The van der Waals surface area contributed by atoms with Crippen molar-refractivity contribution >= 4 is 15.9 Å². The van der Waals surface area contributed by atoms with Gasteiger partial charge in [-0.25, -0.2) is 8.78 Å². The number of alkyl halides is 2. The summed E-state index contributed by atoms with van der Waals surface area (Å²) in [6.07, 6.45) is -2.60. The second kappa shape index (κ2) is 4.11. The summed E-state index contributed by atoms with van der Waals surface area (Å²) in [5.74, 6) is 0. The van der Waals surface area contributed by atoms with Crippen LogP contribution in [0.3, 0.4) is 0 Å². The predicted octanol–water partition coefficient (Wildman–Crippen LogP) is 2.58. The number of aromatic nitrogens is 1. The number of pyridine rings is 1. The molecule has 0 aliphatic carbocycles. The van der Waals surface area contributed by atoms with Gasteiger partial charge in [0, 0.05) is 4.47 Å². The van der Waals surface area contributed by atoms with Gasteiger partial charge in [0.2, 0.25) is 0 Å². The average Bonchev–Trinajstić information content (AvgIpc) is 2.09. The van der Waals surface area contributed by atoms with Gasteiger partial charge in [0.1, 0.15) is 5.69 Å². The first-order valence-electron chi connectivity index (χ1n) is 3.61. The SMILES string of the molecule is Cc1nc(C(F)F)cc(CO)c1Br. The Hall–Kier alpha value is -0.550. The third kappa shape index (κ3) is 2.22. The molecule has 0 saturated heterocycles. The molecule has 0 spiro atoms. The van der Waals surface area contributed by atoms with E-state index in [1.165, 1.54) is 6.07 Å². The lowest BCUT2D eigenvalue weighted by Gasteiger charge is -2.07. The maximum absolute atomic E-state index is 12.2. The molecule has 13 heavy (non-hydrogen) atoms. The van der Waals surface area contributed by atoms with Crippen LogP contribution in [0.1, 0.15) is 23.4 Å². The molecule has 0 aliphatic rings. The summed E-state index contributed by atoms with van der Waals surface area (Å²) in [5, 5.41) is 8.85. The third-order valence-electron chi connectivity index (χ3n) is 1.61. The molecule has 0 aliphatic heterocycles. The quantitative estimate of drug-likeness (QED) is 0.877. The molecule has 0 unspecified atom stereocenters. The van der Waals surface area contributed by atoms with Gasteiger partial charge in [0.05, 0.1) is 12.3 Å². The van der Waals surface area contributed by atoms with Gasteiger partial charge in [0.15, 0.2) is 0 Å². The molecule has 0 aromatic carbocycles. The zero-order valence-corrected chi connectivity index (χ0v) is 8.48. The van der Waals surface area contributed by atoms with Gasteiger partial charge in [-0.2, -0.15) is 0 Å². The Morgan fingerprint density at radius 1 is 1.62 bits per heavy atom. The van der Waals surface area contributed by atoms with Crippen LogP contribution in [0.25, 0.3) is 0 Å². The van der Waals surface area contributed by atoms with Gasteiger partial charge in [-0.15, -0.1) is 0 Å². The third-order valence-corrected chi connectivity index (χ3v) is 2.70. The predicted molar refractivity (Wildman–Crippen MR) is 47.6 cm³/mol. The van der Waals surface area contributed by atoms with Crippen molar-refractivity contribution in [3.05, 3.63) is 27.5 Å². The molecule has 0 atom stereocenters. The van der Waals surface area contributed by atoms with E-state index >= 15 is 0 Å². The largest absolute Gasteiger partial charge is 0.392 e. The number of rotatable bonds is 2. The molecule has 1 aromatic rings. The van der Waals surface area contributed by atoms with Crippen LogP contribution in [-0.2, 0) is 6.61 Å². The zero-order chi connectivity index (χ0) is 10.0. The highest BCUT2D eigenvalue weighted by atomic mass is 79.9. The highest BCUT2D eigenvalue weighted by Gasteiger charge is 2.13. The summed E-state index contributed by atoms with van der Waals surface area (Å²) in [6, 6.07) is 1.20. The minimum atomic E-state index is -2.60. The van der Waals surface area contributed by atoms with Crippen LogP contribution >= 0.6 is 15.9 Å². The Kier molecular flexibility index (Phi) is 3.33. The van der Waals surface area contributed by atoms with E-state index in [1.807, 2.05) is 0 Å². The molecule has 1 heterocycles. The number of hydrogen-bond acceptors (Lipinski definition) is 2. The highest BCUT2D eigenvalue weighted by Crippen LogP contribution is 2.25. The molecular formula is C8H8BrF2NO. The van der Waals surface area contributed by atoms with Crippen LogP contribution < -0.4 is 0 Å². The number of aliphatic hydroxyl groups excluding tert-OH is 1. The van der Waals surface area contributed by atoms with E-state index in [0.29, 0.717) is 15.7 Å². The van der Waals surface area contributed by atoms with E-state index in [4.69, 9.17) is 5.11 Å². The van der Waals surface area contributed by atoms with Crippen molar-refractivity contribution in [3.8, 4) is 0 Å². The Balaban J connectivity index is 3.22. The van der Waals surface area contributed by atoms with Crippen molar-refractivity contribution in [2.24, 2.45) is 0 Å². The summed E-state index contributed by atoms with van der Waals surface area (Å²) >= 11 is 3.16. The van der Waals surface area contributed by atoms with Crippen molar-refractivity contribution < 1.29 is 13.9 Å². The lowest BCUT2D eigenvalue weighted by Crippen LogP contribution is -1.98. The Labute approximate surface area is 82.7 Å². The number of halogens is 3. The molecule has 1 rings (SSSR count). The molecule has 1 aromatic heterocycles. The lowest BCUT2D eigenvalue weighted by molar-refractivity contribution is 0.145. The van der Waals surface area contributed by atoms with Gasteiger partial charge in [0.25, 0.3) is 6.43 Å². The maximum atomic E-state index is 12.2. The van der Waals surface area contributed by atoms with Crippen molar-refractivity contribution in [2.75, 3.05) is 0 Å². The summed E-state index contributed by atoms with van der Waals surface area (Å²) in [6.45, 7) is 1.33. The van der Waals surface area contributed by atoms with Crippen LogP contribution in [0, 0.1) is 6.92 Å². The van der Waals surface area contributed by atoms with Crippen LogP contribution in [0.15, 0.2) is 10.5 Å². The van der Waals surface area contributed by atoms with Crippen LogP contribution in [0.2, 0.25) is 0 Å². The molecule has 2 nitrogen and oxygen atoms in total. The smallest absolute Gasteiger partial charge is 0.280 e. The average molecular weight is 252 g/mol. The molecule has 0 bridgehead atoms. The summed E-state index contributed by atoms with van der Waals surface area (Å²) in [5.41, 5.74) is 0.592. The molecule has 0 radical (unpaired) electrons. The Morgan fingerprint density at radius 2 is 2.23 bits per heavy atom. The molecule has 0 saturated carbocycles. The first-order valence-corrected chi connectivity index (χ1v) is 4.40. The number of aryl methyl sites for hydroxylation is 1. The van der Waals surface area contributed by atoms with Gasteiger partial charge < -0.3 is 5.11 Å². The van der Waals surface area contributed by atoms with E-state index in [-0.39, 0.29) is 12.3 Å². The van der Waals surface area contributed by atoms with E-state index in [2.05, 4.69) is 20.9 Å². The van der Waals surface area contributed by atoms with Gasteiger partial charge in [-0.05, 0) is 34.5 Å². The standard InChI is InChI=1S/C8H8BrF2NO/c1-4-7(9)5(3-13)2-6(12-4)8(10)11/h2,8,13H,3H2,1H3. The minimum Gasteiger partial charge on any atom is -0.392 e. The van der Waals surface area contributed by atoms with Crippen LogP contribution in [-0.4, -0.2) is 10.1 Å². The van der Waals surface area contributed by atoms with Crippen molar-refractivity contribution in [3.63, 3.8) is 0 Å². The molecule has 1 N–H and O–H groups in total. The van der Waals surface area contributed by atoms with Crippen molar-refractivity contribution in [1.82, 2.24) is 4.98 Å². The number of hydrogen-bond donors (Lipinski definition) is 1. The Bertz CT molecular complexity index is 317. The highest BCUT2D eigenvalue weighted by molar-refractivity contribution is 9.10. The van der Waals surface area contributed by atoms with Gasteiger partial charge >= 0.3 is 0 Å². The first-order chi connectivity index (χ1) is 6.06.